The van der Waals surface area contributed by atoms with E-state index in [-0.39, 0.29) is 5.91 Å². The molecule has 8 nitrogen and oxygen atoms in total. The molecule has 3 N–H and O–H groups in total. The van der Waals surface area contributed by atoms with E-state index in [9.17, 15) is 19.2 Å². The number of hydrogen-bond donors (Lipinski definition) is 3. The molecule has 2 aromatic rings. The number of esters is 1. The van der Waals surface area contributed by atoms with Crippen molar-refractivity contribution in [3.8, 4) is 0 Å². The molecule has 0 radical (unpaired) electrons. The van der Waals surface area contributed by atoms with Crippen LogP contribution in [-0.4, -0.2) is 30.8 Å². The zero-order valence-electron chi connectivity index (χ0n) is 16.1. The van der Waals surface area contributed by atoms with Crippen LogP contribution in [0.2, 0.25) is 0 Å². The molecular formula is C21H21N3O5. The van der Waals surface area contributed by atoms with Gasteiger partial charge in [-0.1, -0.05) is 12.1 Å². The summed E-state index contributed by atoms with van der Waals surface area (Å²) in [5, 5.41) is 8.08. The molecule has 0 spiro atoms. The van der Waals surface area contributed by atoms with Crippen molar-refractivity contribution < 1.29 is 23.9 Å². The third kappa shape index (κ3) is 4.60. The van der Waals surface area contributed by atoms with Crippen LogP contribution in [0, 0.1) is 5.41 Å². The third-order valence-corrected chi connectivity index (χ3v) is 4.60. The van der Waals surface area contributed by atoms with Crippen molar-refractivity contribution in [3.05, 3.63) is 54.1 Å². The van der Waals surface area contributed by atoms with E-state index >= 15 is 0 Å². The molecule has 8 heteroatoms. The highest BCUT2D eigenvalue weighted by atomic mass is 16.5. The van der Waals surface area contributed by atoms with Crippen molar-refractivity contribution in [1.82, 2.24) is 0 Å². The molecule has 1 aliphatic rings. The van der Waals surface area contributed by atoms with Crippen LogP contribution in [0.3, 0.4) is 0 Å². The summed E-state index contributed by atoms with van der Waals surface area (Å²) in [5.74, 6) is -1.59. The van der Waals surface area contributed by atoms with Gasteiger partial charge in [0.25, 0.3) is 0 Å². The highest BCUT2D eigenvalue weighted by molar-refractivity contribution is 6.17. The molecule has 2 aromatic carbocycles. The number of amides is 3. The standard InChI is InChI=1S/C21H21N3O5/c1-13(25)22-16-7-4-8-17(12-16)24-20(28)21(9-10-21)19(27)23-15-6-3-5-14(11-15)18(26)29-2/h3-8,11-12H,9-10H2,1-2H3,(H,22,25)(H,23,27)(H,24,28). The van der Waals surface area contributed by atoms with Gasteiger partial charge in [0.1, 0.15) is 5.41 Å². The van der Waals surface area contributed by atoms with Gasteiger partial charge >= 0.3 is 5.97 Å². The summed E-state index contributed by atoms with van der Waals surface area (Å²) in [5.41, 5.74) is 0.571. The lowest BCUT2D eigenvalue weighted by atomic mass is 10.0. The lowest BCUT2D eigenvalue weighted by Gasteiger charge is -2.16. The largest absolute Gasteiger partial charge is 0.465 e. The second kappa shape index (κ2) is 8.14. The number of rotatable bonds is 6. The summed E-state index contributed by atoms with van der Waals surface area (Å²) in [4.78, 5) is 48.3. The minimum absolute atomic E-state index is 0.222. The fraction of sp³-hybridized carbons (Fsp3) is 0.238. The van der Waals surface area contributed by atoms with Crippen molar-refractivity contribution in [2.75, 3.05) is 23.1 Å². The normalized spacial score (nSPS) is 13.7. The highest BCUT2D eigenvalue weighted by Gasteiger charge is 2.56. The van der Waals surface area contributed by atoms with Crippen molar-refractivity contribution in [2.24, 2.45) is 5.41 Å². The lowest BCUT2D eigenvalue weighted by molar-refractivity contribution is -0.131. The molecule has 0 heterocycles. The number of carbonyl (C=O) groups is 4. The number of anilines is 3. The Kier molecular flexibility index (Phi) is 5.63. The van der Waals surface area contributed by atoms with Gasteiger partial charge in [-0.3, -0.25) is 14.4 Å². The summed E-state index contributed by atoms with van der Waals surface area (Å²) in [7, 11) is 1.28. The van der Waals surface area contributed by atoms with Crippen LogP contribution in [0.5, 0.6) is 0 Å². The maximum absolute atomic E-state index is 12.7. The summed E-state index contributed by atoms with van der Waals surface area (Å²) in [6, 6.07) is 13.0. The molecule has 150 valence electrons. The molecule has 1 aliphatic carbocycles. The summed E-state index contributed by atoms with van der Waals surface area (Å²) in [6.07, 6.45) is 0.847. The van der Waals surface area contributed by atoms with E-state index in [1.165, 1.54) is 20.1 Å². The van der Waals surface area contributed by atoms with Gasteiger partial charge in [0, 0.05) is 24.0 Å². The molecule has 0 atom stereocenters. The Labute approximate surface area is 167 Å². The fourth-order valence-corrected chi connectivity index (χ4v) is 2.90. The number of methoxy groups -OCH3 is 1. The molecule has 0 aliphatic heterocycles. The fourth-order valence-electron chi connectivity index (χ4n) is 2.90. The molecule has 1 saturated carbocycles. The number of benzene rings is 2. The molecule has 0 saturated heterocycles. The zero-order chi connectivity index (χ0) is 21.0. The maximum atomic E-state index is 12.7. The second-order valence-corrected chi connectivity index (χ2v) is 6.82. The van der Waals surface area contributed by atoms with Gasteiger partial charge in [-0.15, -0.1) is 0 Å². The maximum Gasteiger partial charge on any atom is 0.337 e. The SMILES string of the molecule is COC(=O)c1cccc(NC(=O)C2(C(=O)Nc3cccc(NC(C)=O)c3)CC2)c1. The van der Waals surface area contributed by atoms with Crippen LogP contribution in [0.4, 0.5) is 17.1 Å². The first-order valence-electron chi connectivity index (χ1n) is 9.03. The van der Waals surface area contributed by atoms with Crippen molar-refractivity contribution in [1.29, 1.82) is 0 Å². The molecule has 29 heavy (non-hydrogen) atoms. The molecule has 1 fully saturated rings. The average molecular weight is 395 g/mol. The van der Waals surface area contributed by atoms with Gasteiger partial charge in [-0.25, -0.2) is 4.79 Å². The third-order valence-electron chi connectivity index (χ3n) is 4.60. The lowest BCUT2D eigenvalue weighted by Crippen LogP contribution is -2.35. The predicted molar refractivity (Wildman–Crippen MR) is 107 cm³/mol. The van der Waals surface area contributed by atoms with Crippen molar-refractivity contribution in [3.63, 3.8) is 0 Å². The molecular weight excluding hydrogens is 374 g/mol. The van der Waals surface area contributed by atoms with Gasteiger partial charge in [-0.2, -0.15) is 0 Å². The first kappa shape index (κ1) is 20.1. The van der Waals surface area contributed by atoms with Crippen LogP contribution >= 0.6 is 0 Å². The smallest absolute Gasteiger partial charge is 0.337 e. The Hall–Kier alpha value is -3.68. The Morgan fingerprint density at radius 3 is 1.86 bits per heavy atom. The number of ether oxygens (including phenoxy) is 1. The van der Waals surface area contributed by atoms with Gasteiger partial charge < -0.3 is 20.7 Å². The van der Waals surface area contributed by atoms with E-state index in [0.29, 0.717) is 35.5 Å². The first-order chi connectivity index (χ1) is 13.8. The summed E-state index contributed by atoms with van der Waals surface area (Å²) < 4.78 is 4.67. The molecule has 0 bridgehead atoms. The number of hydrogen-bond acceptors (Lipinski definition) is 5. The highest BCUT2D eigenvalue weighted by Crippen LogP contribution is 2.47. The average Bonchev–Trinajstić information content (AvgIpc) is 3.49. The van der Waals surface area contributed by atoms with Gasteiger partial charge in [-0.05, 0) is 49.2 Å². The van der Waals surface area contributed by atoms with Crippen molar-refractivity contribution in [2.45, 2.75) is 19.8 Å². The minimum atomic E-state index is -1.16. The predicted octanol–water partition coefficient (Wildman–Crippen LogP) is 2.79. The minimum Gasteiger partial charge on any atom is -0.465 e. The van der Waals surface area contributed by atoms with Crippen LogP contribution in [-0.2, 0) is 19.1 Å². The molecule has 0 aromatic heterocycles. The molecule has 3 rings (SSSR count). The van der Waals surface area contributed by atoms with Crippen LogP contribution in [0.15, 0.2) is 48.5 Å². The van der Waals surface area contributed by atoms with E-state index in [0.717, 1.165) is 0 Å². The number of nitrogens with one attached hydrogen (secondary N) is 3. The van der Waals surface area contributed by atoms with Crippen LogP contribution in [0.1, 0.15) is 30.1 Å². The Morgan fingerprint density at radius 1 is 0.828 bits per heavy atom. The number of carbonyl (C=O) groups excluding carboxylic acids is 4. The van der Waals surface area contributed by atoms with Crippen LogP contribution < -0.4 is 16.0 Å². The first-order valence-corrected chi connectivity index (χ1v) is 9.03. The summed E-state index contributed by atoms with van der Waals surface area (Å²) >= 11 is 0. The van der Waals surface area contributed by atoms with E-state index < -0.39 is 23.2 Å². The van der Waals surface area contributed by atoms with E-state index in [4.69, 9.17) is 0 Å². The van der Waals surface area contributed by atoms with Gasteiger partial charge in [0.2, 0.25) is 17.7 Å². The second-order valence-electron chi connectivity index (χ2n) is 6.82. The van der Waals surface area contributed by atoms with Crippen LogP contribution in [0.25, 0.3) is 0 Å². The van der Waals surface area contributed by atoms with E-state index in [2.05, 4.69) is 20.7 Å². The Balaban J connectivity index is 1.69. The monoisotopic (exact) mass is 395 g/mol. The van der Waals surface area contributed by atoms with Gasteiger partial charge in [0.15, 0.2) is 0 Å². The quantitative estimate of drug-likeness (QED) is 0.514. The Morgan fingerprint density at radius 2 is 1.34 bits per heavy atom. The van der Waals surface area contributed by atoms with E-state index in [1.807, 2.05) is 0 Å². The van der Waals surface area contributed by atoms with Crippen molar-refractivity contribution >= 4 is 40.8 Å². The summed E-state index contributed by atoms with van der Waals surface area (Å²) in [6.45, 7) is 1.39. The topological polar surface area (TPSA) is 114 Å². The Bertz CT molecular complexity index is 982. The van der Waals surface area contributed by atoms with Gasteiger partial charge in [0.05, 0.1) is 12.7 Å². The van der Waals surface area contributed by atoms with E-state index in [1.54, 1.807) is 42.5 Å². The molecule has 3 amide bonds. The molecule has 0 unspecified atom stereocenters. The zero-order valence-corrected chi connectivity index (χ0v) is 16.1.